The second-order valence-corrected chi connectivity index (χ2v) is 3.82. The van der Waals surface area contributed by atoms with Crippen molar-refractivity contribution in [3.8, 4) is 0 Å². The van der Waals surface area contributed by atoms with Crippen molar-refractivity contribution in [1.29, 1.82) is 0 Å². The summed E-state index contributed by atoms with van der Waals surface area (Å²) in [4.78, 5) is 0. The maximum Gasteiger partial charge on any atom is 0.0583 e. The fourth-order valence-electron chi connectivity index (χ4n) is 1.92. The summed E-state index contributed by atoms with van der Waals surface area (Å²) in [5.74, 6) is 0.543. The van der Waals surface area contributed by atoms with Crippen molar-refractivity contribution in [3.63, 3.8) is 0 Å². The Kier molecular flexibility index (Phi) is 3.34. The maximum absolute atomic E-state index is 9.64. The Morgan fingerprint density at radius 1 is 1.45 bits per heavy atom. The van der Waals surface area contributed by atoms with Crippen LogP contribution in [0.2, 0.25) is 0 Å². The third-order valence-electron chi connectivity index (χ3n) is 2.56. The second-order valence-electron chi connectivity index (χ2n) is 3.82. The molecule has 0 radical (unpaired) electrons. The largest absolute Gasteiger partial charge is 0.393 e. The Hall–Kier alpha value is -0.0800. The Labute approximate surface area is 68.8 Å². The highest BCUT2D eigenvalue weighted by molar-refractivity contribution is 4.76. The van der Waals surface area contributed by atoms with Gasteiger partial charge in [-0.3, -0.25) is 0 Å². The van der Waals surface area contributed by atoms with Gasteiger partial charge in [-0.2, -0.15) is 0 Å². The zero-order chi connectivity index (χ0) is 8.27. The van der Waals surface area contributed by atoms with Crippen LogP contribution in [0.15, 0.2) is 0 Å². The van der Waals surface area contributed by atoms with Crippen LogP contribution in [0.5, 0.6) is 0 Å². The molecule has 0 amide bonds. The highest BCUT2D eigenvalue weighted by atomic mass is 16.3. The molecule has 1 rings (SSSR count). The molecule has 0 heterocycles. The van der Waals surface area contributed by atoms with E-state index in [0.717, 1.165) is 6.42 Å². The Morgan fingerprint density at radius 2 is 2.00 bits per heavy atom. The van der Waals surface area contributed by atoms with E-state index >= 15 is 0 Å². The molecule has 2 heteroatoms. The minimum atomic E-state index is -0.141. The lowest BCUT2D eigenvalue weighted by atomic mass is 9.96. The quantitative estimate of drug-likeness (QED) is 0.648. The van der Waals surface area contributed by atoms with Crippen molar-refractivity contribution in [3.05, 3.63) is 0 Å². The van der Waals surface area contributed by atoms with E-state index in [-0.39, 0.29) is 12.1 Å². The number of nitrogens with two attached hydrogens (primary N) is 1. The van der Waals surface area contributed by atoms with Crippen LogP contribution in [0.4, 0.5) is 0 Å². The Balaban J connectivity index is 2.22. The van der Waals surface area contributed by atoms with Crippen LogP contribution < -0.4 is 5.73 Å². The molecule has 0 aliphatic heterocycles. The highest BCUT2D eigenvalue weighted by Gasteiger charge is 2.23. The van der Waals surface area contributed by atoms with Crippen LogP contribution >= 0.6 is 0 Å². The molecule has 1 aliphatic rings. The van der Waals surface area contributed by atoms with Gasteiger partial charge in [0.05, 0.1) is 6.10 Å². The molecule has 1 saturated carbocycles. The van der Waals surface area contributed by atoms with Crippen LogP contribution in [0, 0.1) is 5.92 Å². The van der Waals surface area contributed by atoms with Gasteiger partial charge >= 0.3 is 0 Å². The maximum atomic E-state index is 9.64. The molecule has 0 spiro atoms. The normalized spacial score (nSPS) is 25.4. The van der Waals surface area contributed by atoms with E-state index in [1.54, 1.807) is 0 Å². The predicted molar refractivity (Wildman–Crippen MR) is 46.2 cm³/mol. The van der Waals surface area contributed by atoms with Crippen molar-refractivity contribution in [2.45, 2.75) is 51.2 Å². The summed E-state index contributed by atoms with van der Waals surface area (Å²) in [5, 5.41) is 9.64. The fraction of sp³-hybridized carbons (Fsp3) is 1.00. The van der Waals surface area contributed by atoms with Crippen LogP contribution in [0.3, 0.4) is 0 Å². The lowest BCUT2D eigenvalue weighted by molar-refractivity contribution is 0.0965. The van der Waals surface area contributed by atoms with Crippen molar-refractivity contribution >= 4 is 0 Å². The first-order chi connectivity index (χ1) is 5.20. The van der Waals surface area contributed by atoms with Crippen molar-refractivity contribution in [1.82, 2.24) is 0 Å². The number of hydrogen-bond acceptors (Lipinski definition) is 2. The standard InChI is InChI=1S/C9H19NO/c1-7(10)6-9(11)8-4-2-3-5-8/h7-9,11H,2-6,10H2,1H3. The van der Waals surface area contributed by atoms with Crippen molar-refractivity contribution in [2.24, 2.45) is 11.7 Å². The van der Waals surface area contributed by atoms with Crippen LogP contribution in [-0.2, 0) is 0 Å². The molecular formula is C9H19NO. The van der Waals surface area contributed by atoms with Gasteiger partial charge in [0.15, 0.2) is 0 Å². The van der Waals surface area contributed by atoms with Gasteiger partial charge in [0, 0.05) is 6.04 Å². The Morgan fingerprint density at radius 3 is 2.45 bits per heavy atom. The van der Waals surface area contributed by atoms with E-state index in [1.165, 1.54) is 25.7 Å². The molecule has 0 bridgehead atoms. The van der Waals surface area contributed by atoms with E-state index in [0.29, 0.717) is 5.92 Å². The first-order valence-corrected chi connectivity index (χ1v) is 4.64. The summed E-state index contributed by atoms with van der Waals surface area (Å²) in [7, 11) is 0. The third kappa shape index (κ3) is 2.80. The van der Waals surface area contributed by atoms with Gasteiger partial charge in [-0.05, 0) is 32.1 Å². The first-order valence-electron chi connectivity index (χ1n) is 4.64. The Bertz CT molecular complexity index is 108. The van der Waals surface area contributed by atoms with E-state index < -0.39 is 0 Å². The molecule has 2 unspecified atom stereocenters. The van der Waals surface area contributed by atoms with E-state index in [2.05, 4.69) is 0 Å². The molecule has 11 heavy (non-hydrogen) atoms. The molecule has 1 aliphatic carbocycles. The van der Waals surface area contributed by atoms with Gasteiger partial charge in [-0.15, -0.1) is 0 Å². The van der Waals surface area contributed by atoms with Gasteiger partial charge in [0.2, 0.25) is 0 Å². The zero-order valence-corrected chi connectivity index (χ0v) is 7.29. The van der Waals surface area contributed by atoms with Crippen LogP contribution in [0.1, 0.15) is 39.0 Å². The molecule has 0 aromatic heterocycles. The average molecular weight is 157 g/mol. The molecule has 2 nitrogen and oxygen atoms in total. The van der Waals surface area contributed by atoms with Gasteiger partial charge in [0.1, 0.15) is 0 Å². The summed E-state index contributed by atoms with van der Waals surface area (Å²) in [5.41, 5.74) is 5.60. The summed E-state index contributed by atoms with van der Waals surface area (Å²) in [6, 6.07) is 0.144. The van der Waals surface area contributed by atoms with E-state index in [4.69, 9.17) is 5.73 Å². The number of aliphatic hydroxyl groups excluding tert-OH is 1. The monoisotopic (exact) mass is 157 g/mol. The highest BCUT2D eigenvalue weighted by Crippen LogP contribution is 2.29. The van der Waals surface area contributed by atoms with E-state index in [1.807, 2.05) is 6.92 Å². The smallest absolute Gasteiger partial charge is 0.0583 e. The molecule has 2 atom stereocenters. The van der Waals surface area contributed by atoms with Crippen LogP contribution in [0.25, 0.3) is 0 Å². The molecule has 0 aromatic rings. The molecule has 0 aromatic carbocycles. The topological polar surface area (TPSA) is 46.2 Å². The first kappa shape index (κ1) is 9.01. The van der Waals surface area contributed by atoms with Crippen molar-refractivity contribution in [2.75, 3.05) is 0 Å². The molecule has 3 N–H and O–H groups in total. The summed E-state index contributed by atoms with van der Waals surface area (Å²) < 4.78 is 0. The summed E-state index contributed by atoms with van der Waals surface area (Å²) >= 11 is 0. The van der Waals surface area contributed by atoms with Gasteiger partial charge in [-0.1, -0.05) is 12.8 Å². The zero-order valence-electron chi connectivity index (χ0n) is 7.29. The van der Waals surface area contributed by atoms with Gasteiger partial charge in [0.25, 0.3) is 0 Å². The SMILES string of the molecule is CC(N)CC(O)C1CCCC1. The molecule has 0 saturated heterocycles. The van der Waals surface area contributed by atoms with Gasteiger partial charge < -0.3 is 10.8 Å². The minimum absolute atomic E-state index is 0.141. The molecular weight excluding hydrogens is 138 g/mol. The minimum Gasteiger partial charge on any atom is -0.393 e. The fourth-order valence-corrected chi connectivity index (χ4v) is 1.92. The second kappa shape index (κ2) is 4.07. The molecule has 66 valence electrons. The lowest BCUT2D eigenvalue weighted by Crippen LogP contribution is -2.27. The molecule has 1 fully saturated rings. The lowest BCUT2D eigenvalue weighted by Gasteiger charge is -2.18. The summed E-state index contributed by atoms with van der Waals surface area (Å²) in [6.45, 7) is 1.96. The number of aliphatic hydroxyl groups is 1. The van der Waals surface area contributed by atoms with Crippen molar-refractivity contribution < 1.29 is 5.11 Å². The van der Waals surface area contributed by atoms with Crippen LogP contribution in [-0.4, -0.2) is 17.3 Å². The van der Waals surface area contributed by atoms with E-state index in [9.17, 15) is 5.11 Å². The van der Waals surface area contributed by atoms with Gasteiger partial charge in [-0.25, -0.2) is 0 Å². The number of hydrogen-bond donors (Lipinski definition) is 2. The third-order valence-corrected chi connectivity index (χ3v) is 2.56. The number of rotatable bonds is 3. The predicted octanol–water partition coefficient (Wildman–Crippen LogP) is 1.27. The summed E-state index contributed by atoms with van der Waals surface area (Å²) in [6.07, 6.45) is 5.62. The average Bonchev–Trinajstić information content (AvgIpc) is 2.35.